The van der Waals surface area contributed by atoms with Gasteiger partial charge in [-0.15, -0.1) is 0 Å². The van der Waals surface area contributed by atoms with Gasteiger partial charge in [-0.25, -0.2) is 0 Å². The Labute approximate surface area is 86.8 Å². The predicted molar refractivity (Wildman–Crippen MR) is 57.0 cm³/mol. The van der Waals surface area contributed by atoms with Gasteiger partial charge < -0.3 is 5.32 Å². The molecule has 2 rings (SSSR count). The predicted octanol–water partition coefficient (Wildman–Crippen LogP) is 1.55. The molecule has 1 N–H and O–H groups in total. The van der Waals surface area contributed by atoms with E-state index in [2.05, 4.69) is 10.4 Å². The molecule has 0 amide bonds. The molecule has 1 unspecified atom stereocenters. The van der Waals surface area contributed by atoms with Crippen LogP contribution in [0.1, 0.15) is 38.5 Å². The van der Waals surface area contributed by atoms with E-state index in [1.54, 1.807) is 0 Å². The summed E-state index contributed by atoms with van der Waals surface area (Å²) in [4.78, 5) is 5.57. The van der Waals surface area contributed by atoms with E-state index in [1.165, 1.54) is 45.1 Å². The topological polar surface area (TPSA) is 24.5 Å². The highest BCUT2D eigenvalue weighted by atomic mass is 16.7. The second-order valence-corrected chi connectivity index (χ2v) is 4.40. The minimum Gasteiger partial charge on any atom is -0.314 e. The number of hydrogen-bond donors (Lipinski definition) is 1. The Kier molecular flexibility index (Phi) is 4.22. The van der Waals surface area contributed by atoms with Gasteiger partial charge in [-0.1, -0.05) is 6.42 Å². The zero-order valence-electron chi connectivity index (χ0n) is 9.00. The third-order valence-corrected chi connectivity index (χ3v) is 3.22. The molecule has 0 bridgehead atoms. The first-order valence-corrected chi connectivity index (χ1v) is 6.06. The summed E-state index contributed by atoms with van der Waals surface area (Å²) in [6, 6.07) is 0.745. The van der Waals surface area contributed by atoms with Crippen LogP contribution in [0.3, 0.4) is 0 Å². The van der Waals surface area contributed by atoms with Crippen molar-refractivity contribution >= 4 is 0 Å². The first kappa shape index (κ1) is 10.4. The maximum absolute atomic E-state index is 5.57. The number of rotatable bonds is 3. The molecule has 3 nitrogen and oxygen atoms in total. The minimum atomic E-state index is 0.745. The van der Waals surface area contributed by atoms with Crippen molar-refractivity contribution in [3.05, 3.63) is 0 Å². The van der Waals surface area contributed by atoms with Crippen molar-refractivity contribution in [2.45, 2.75) is 44.6 Å². The highest BCUT2D eigenvalue weighted by Gasteiger charge is 2.15. The lowest BCUT2D eigenvalue weighted by molar-refractivity contribution is -0.181. The molecule has 0 spiro atoms. The van der Waals surface area contributed by atoms with Crippen LogP contribution in [0.25, 0.3) is 0 Å². The summed E-state index contributed by atoms with van der Waals surface area (Å²) in [7, 11) is 0. The fraction of sp³-hybridized carbons (Fsp3) is 1.00. The quantitative estimate of drug-likeness (QED) is 0.744. The van der Waals surface area contributed by atoms with E-state index in [9.17, 15) is 0 Å². The molecule has 0 aliphatic carbocycles. The Morgan fingerprint density at radius 2 is 2.21 bits per heavy atom. The third kappa shape index (κ3) is 3.23. The van der Waals surface area contributed by atoms with E-state index in [4.69, 9.17) is 4.84 Å². The fourth-order valence-corrected chi connectivity index (χ4v) is 2.29. The molecule has 2 aliphatic heterocycles. The summed E-state index contributed by atoms with van der Waals surface area (Å²) < 4.78 is 0. The van der Waals surface area contributed by atoms with Gasteiger partial charge in [0.2, 0.25) is 0 Å². The van der Waals surface area contributed by atoms with Gasteiger partial charge in [-0.2, -0.15) is 5.06 Å². The van der Waals surface area contributed by atoms with Crippen molar-refractivity contribution in [2.24, 2.45) is 0 Å². The second kappa shape index (κ2) is 5.69. The van der Waals surface area contributed by atoms with Crippen LogP contribution >= 0.6 is 0 Å². The van der Waals surface area contributed by atoms with Crippen LogP contribution in [0.5, 0.6) is 0 Å². The smallest absolute Gasteiger partial charge is 0.0685 e. The summed E-state index contributed by atoms with van der Waals surface area (Å²) >= 11 is 0. The van der Waals surface area contributed by atoms with Gasteiger partial charge in [0.15, 0.2) is 0 Å². The normalized spacial score (nSPS) is 30.4. The molecule has 2 saturated heterocycles. The monoisotopic (exact) mass is 198 g/mol. The fourth-order valence-electron chi connectivity index (χ4n) is 2.29. The van der Waals surface area contributed by atoms with Crippen LogP contribution in [-0.2, 0) is 4.84 Å². The molecule has 0 radical (unpaired) electrons. The van der Waals surface area contributed by atoms with Crippen molar-refractivity contribution in [3.63, 3.8) is 0 Å². The molecule has 0 aromatic rings. The molecule has 0 aromatic carbocycles. The largest absolute Gasteiger partial charge is 0.314 e. The summed E-state index contributed by atoms with van der Waals surface area (Å²) in [5.41, 5.74) is 0. The number of hydroxylamine groups is 2. The molecule has 2 aliphatic rings. The van der Waals surface area contributed by atoms with Crippen LogP contribution < -0.4 is 5.32 Å². The van der Waals surface area contributed by atoms with Gasteiger partial charge >= 0.3 is 0 Å². The lowest BCUT2D eigenvalue weighted by atomic mass is 10.0. The Bertz CT molecular complexity index is 133. The number of hydrogen-bond acceptors (Lipinski definition) is 3. The van der Waals surface area contributed by atoms with Gasteiger partial charge in [0, 0.05) is 19.1 Å². The molecule has 82 valence electrons. The van der Waals surface area contributed by atoms with E-state index in [1.807, 2.05) is 0 Å². The van der Waals surface area contributed by atoms with E-state index >= 15 is 0 Å². The lowest BCUT2D eigenvalue weighted by Gasteiger charge is -2.29. The Morgan fingerprint density at radius 3 is 2.93 bits per heavy atom. The van der Waals surface area contributed by atoms with Gasteiger partial charge in [0.25, 0.3) is 0 Å². The first-order chi connectivity index (χ1) is 6.95. The van der Waals surface area contributed by atoms with Crippen molar-refractivity contribution < 1.29 is 4.84 Å². The Hall–Kier alpha value is -0.120. The Morgan fingerprint density at radius 1 is 1.21 bits per heavy atom. The van der Waals surface area contributed by atoms with E-state index in [0.29, 0.717) is 0 Å². The molecule has 3 heteroatoms. The maximum atomic E-state index is 5.57. The van der Waals surface area contributed by atoms with E-state index in [0.717, 1.165) is 25.7 Å². The standard InChI is InChI=1S/C11H22N2O/c1-2-7-12-11(5-1)6-9-13-8-3-4-10-14-13/h11-12H,1-10H2. The maximum Gasteiger partial charge on any atom is 0.0685 e. The molecule has 1 atom stereocenters. The van der Waals surface area contributed by atoms with Gasteiger partial charge in [-0.05, 0) is 38.6 Å². The zero-order chi connectivity index (χ0) is 9.64. The molecule has 2 heterocycles. The highest BCUT2D eigenvalue weighted by Crippen LogP contribution is 2.12. The second-order valence-electron chi connectivity index (χ2n) is 4.40. The first-order valence-electron chi connectivity index (χ1n) is 6.06. The molecule has 0 aromatic heterocycles. The van der Waals surface area contributed by atoms with Crippen LogP contribution in [-0.4, -0.2) is 37.3 Å². The van der Waals surface area contributed by atoms with Crippen LogP contribution in [0.4, 0.5) is 0 Å². The summed E-state index contributed by atoms with van der Waals surface area (Å²) in [5, 5.41) is 5.73. The number of nitrogens with zero attached hydrogens (tertiary/aromatic N) is 1. The molecule has 0 saturated carbocycles. The molecular weight excluding hydrogens is 176 g/mol. The van der Waals surface area contributed by atoms with Crippen molar-refractivity contribution in [1.29, 1.82) is 0 Å². The molecular formula is C11H22N2O. The van der Waals surface area contributed by atoms with Crippen molar-refractivity contribution in [2.75, 3.05) is 26.2 Å². The van der Waals surface area contributed by atoms with Gasteiger partial charge in [-0.3, -0.25) is 4.84 Å². The summed E-state index contributed by atoms with van der Waals surface area (Å²) in [6.45, 7) is 4.38. The van der Waals surface area contributed by atoms with Gasteiger partial charge in [0.05, 0.1) is 6.61 Å². The third-order valence-electron chi connectivity index (χ3n) is 3.22. The van der Waals surface area contributed by atoms with Crippen LogP contribution in [0.2, 0.25) is 0 Å². The Balaban J connectivity index is 1.60. The SMILES string of the molecule is C1CCC(CCN2CCCCO2)NC1. The zero-order valence-corrected chi connectivity index (χ0v) is 9.00. The number of nitrogens with one attached hydrogen (secondary N) is 1. The lowest BCUT2D eigenvalue weighted by Crippen LogP contribution is -2.38. The van der Waals surface area contributed by atoms with Crippen LogP contribution in [0.15, 0.2) is 0 Å². The van der Waals surface area contributed by atoms with Crippen molar-refractivity contribution in [1.82, 2.24) is 10.4 Å². The van der Waals surface area contributed by atoms with E-state index < -0.39 is 0 Å². The highest BCUT2D eigenvalue weighted by molar-refractivity contribution is 4.72. The van der Waals surface area contributed by atoms with E-state index in [-0.39, 0.29) is 0 Å². The summed E-state index contributed by atoms with van der Waals surface area (Å²) in [6.07, 6.45) is 7.90. The van der Waals surface area contributed by atoms with Crippen molar-refractivity contribution in [3.8, 4) is 0 Å². The molecule has 2 fully saturated rings. The average Bonchev–Trinajstić information content (AvgIpc) is 2.29. The van der Waals surface area contributed by atoms with Crippen LogP contribution in [0, 0.1) is 0 Å². The minimum absolute atomic E-state index is 0.745. The van der Waals surface area contributed by atoms with Gasteiger partial charge in [0.1, 0.15) is 0 Å². The summed E-state index contributed by atoms with van der Waals surface area (Å²) in [5.74, 6) is 0. The number of piperidine rings is 1. The molecule has 14 heavy (non-hydrogen) atoms. The average molecular weight is 198 g/mol.